The number of halogens is 1. The minimum Gasteiger partial charge on any atom is -0.508 e. The van der Waals surface area contributed by atoms with E-state index in [-0.39, 0.29) is 17.6 Å². The molecular formula is C8H10FNO. The van der Waals surface area contributed by atoms with Gasteiger partial charge in [-0.2, -0.15) is 0 Å². The molecule has 1 aromatic rings. The molecular weight excluding hydrogens is 145 g/mol. The Bertz CT molecular complexity index is 260. The summed E-state index contributed by atoms with van der Waals surface area (Å²) >= 11 is 0. The van der Waals surface area contributed by atoms with Crippen LogP contribution in [-0.4, -0.2) is 5.11 Å². The average molecular weight is 155 g/mol. The van der Waals surface area contributed by atoms with Gasteiger partial charge in [-0.25, -0.2) is 4.39 Å². The second-order valence-corrected chi connectivity index (χ2v) is 2.49. The summed E-state index contributed by atoms with van der Waals surface area (Å²) in [5.74, 6) is -0.337. The van der Waals surface area contributed by atoms with Crippen LogP contribution in [0.1, 0.15) is 18.5 Å². The maximum Gasteiger partial charge on any atom is 0.128 e. The molecule has 0 aliphatic heterocycles. The van der Waals surface area contributed by atoms with Crippen molar-refractivity contribution in [3.8, 4) is 5.75 Å². The van der Waals surface area contributed by atoms with E-state index in [1.165, 1.54) is 18.2 Å². The number of hydrogen-bond donors (Lipinski definition) is 2. The molecule has 1 atom stereocenters. The molecule has 2 nitrogen and oxygen atoms in total. The van der Waals surface area contributed by atoms with E-state index < -0.39 is 0 Å². The Hall–Kier alpha value is -1.09. The van der Waals surface area contributed by atoms with Gasteiger partial charge in [0.05, 0.1) is 0 Å². The zero-order valence-corrected chi connectivity index (χ0v) is 6.21. The summed E-state index contributed by atoms with van der Waals surface area (Å²) < 4.78 is 12.8. The van der Waals surface area contributed by atoms with E-state index in [1.807, 2.05) is 0 Å². The molecule has 0 saturated carbocycles. The first-order valence-electron chi connectivity index (χ1n) is 3.35. The summed E-state index contributed by atoms with van der Waals surface area (Å²) in [6.07, 6.45) is 0. The molecule has 0 heterocycles. The fraction of sp³-hybridized carbons (Fsp3) is 0.250. The molecule has 60 valence electrons. The molecule has 0 aliphatic carbocycles. The van der Waals surface area contributed by atoms with Crippen molar-refractivity contribution in [2.24, 2.45) is 5.73 Å². The molecule has 0 aromatic heterocycles. The summed E-state index contributed by atoms with van der Waals surface area (Å²) in [5, 5.41) is 8.96. The maximum absolute atomic E-state index is 12.8. The highest BCUT2D eigenvalue weighted by molar-refractivity contribution is 5.30. The van der Waals surface area contributed by atoms with Gasteiger partial charge in [-0.3, -0.25) is 0 Å². The molecule has 0 amide bonds. The van der Waals surface area contributed by atoms with Crippen LogP contribution in [0.3, 0.4) is 0 Å². The van der Waals surface area contributed by atoms with Gasteiger partial charge in [-0.1, -0.05) is 0 Å². The van der Waals surface area contributed by atoms with Crippen molar-refractivity contribution in [1.82, 2.24) is 0 Å². The molecule has 3 heteroatoms. The summed E-state index contributed by atoms with van der Waals surface area (Å²) in [7, 11) is 0. The normalized spacial score (nSPS) is 13.0. The minimum absolute atomic E-state index is 0.0405. The van der Waals surface area contributed by atoms with E-state index >= 15 is 0 Å². The van der Waals surface area contributed by atoms with Gasteiger partial charge >= 0.3 is 0 Å². The molecule has 0 bridgehead atoms. The number of phenols is 1. The molecule has 3 N–H and O–H groups in total. The lowest BCUT2D eigenvalue weighted by molar-refractivity contribution is 0.470. The molecule has 0 radical (unpaired) electrons. The summed E-state index contributed by atoms with van der Waals surface area (Å²) in [5.41, 5.74) is 5.77. The summed E-state index contributed by atoms with van der Waals surface area (Å²) in [6, 6.07) is 3.44. The summed E-state index contributed by atoms with van der Waals surface area (Å²) in [4.78, 5) is 0. The molecule has 0 aliphatic rings. The number of phenolic OH excluding ortho intramolecular Hbond substituents is 1. The number of benzene rings is 1. The lowest BCUT2D eigenvalue weighted by Crippen LogP contribution is -2.06. The largest absolute Gasteiger partial charge is 0.508 e. The van der Waals surface area contributed by atoms with Crippen LogP contribution >= 0.6 is 0 Å². The predicted octanol–water partition coefficient (Wildman–Crippen LogP) is 1.55. The van der Waals surface area contributed by atoms with Gasteiger partial charge in [-0.05, 0) is 25.1 Å². The number of hydrogen-bond acceptors (Lipinski definition) is 2. The van der Waals surface area contributed by atoms with Gasteiger partial charge in [0.25, 0.3) is 0 Å². The topological polar surface area (TPSA) is 46.2 Å². The van der Waals surface area contributed by atoms with Gasteiger partial charge in [0.15, 0.2) is 0 Å². The van der Waals surface area contributed by atoms with Crippen LogP contribution in [0.4, 0.5) is 4.39 Å². The van der Waals surface area contributed by atoms with Gasteiger partial charge < -0.3 is 10.8 Å². The highest BCUT2D eigenvalue weighted by atomic mass is 19.1. The van der Waals surface area contributed by atoms with E-state index in [1.54, 1.807) is 6.92 Å². The van der Waals surface area contributed by atoms with Crippen molar-refractivity contribution in [3.63, 3.8) is 0 Å². The monoisotopic (exact) mass is 155 g/mol. The Kier molecular flexibility index (Phi) is 2.10. The molecule has 1 aromatic carbocycles. The average Bonchev–Trinajstić information content (AvgIpc) is 1.94. The Morgan fingerprint density at radius 2 is 2.18 bits per heavy atom. The van der Waals surface area contributed by atoms with E-state index in [0.29, 0.717) is 5.56 Å². The van der Waals surface area contributed by atoms with Crippen molar-refractivity contribution in [1.29, 1.82) is 0 Å². The first kappa shape index (κ1) is 8.01. The lowest BCUT2D eigenvalue weighted by atomic mass is 10.1. The van der Waals surface area contributed by atoms with Crippen LogP contribution in [0.2, 0.25) is 0 Å². The Labute approximate surface area is 64.5 Å². The molecule has 11 heavy (non-hydrogen) atoms. The second kappa shape index (κ2) is 2.88. The van der Waals surface area contributed by atoms with E-state index in [0.717, 1.165) is 0 Å². The first-order valence-corrected chi connectivity index (χ1v) is 3.35. The fourth-order valence-corrected chi connectivity index (χ4v) is 0.880. The lowest BCUT2D eigenvalue weighted by Gasteiger charge is -2.06. The number of aromatic hydroxyl groups is 1. The van der Waals surface area contributed by atoms with Crippen LogP contribution in [0.5, 0.6) is 5.75 Å². The molecule has 0 unspecified atom stereocenters. The van der Waals surface area contributed by atoms with Crippen LogP contribution in [0.25, 0.3) is 0 Å². The zero-order valence-electron chi connectivity index (χ0n) is 6.21. The highest BCUT2D eigenvalue weighted by Crippen LogP contribution is 2.19. The number of rotatable bonds is 1. The quantitative estimate of drug-likeness (QED) is 0.646. The van der Waals surface area contributed by atoms with Crippen LogP contribution in [0.15, 0.2) is 18.2 Å². The molecule has 1 rings (SSSR count). The van der Waals surface area contributed by atoms with E-state index in [2.05, 4.69) is 0 Å². The third-order valence-electron chi connectivity index (χ3n) is 1.47. The Morgan fingerprint density at radius 1 is 1.55 bits per heavy atom. The van der Waals surface area contributed by atoms with Crippen molar-refractivity contribution in [3.05, 3.63) is 29.6 Å². The smallest absolute Gasteiger partial charge is 0.128 e. The zero-order chi connectivity index (χ0) is 8.43. The SMILES string of the molecule is C[C@H](N)c1cc(O)ccc1F. The predicted molar refractivity (Wildman–Crippen MR) is 40.7 cm³/mol. The third-order valence-corrected chi connectivity index (χ3v) is 1.47. The van der Waals surface area contributed by atoms with Crippen molar-refractivity contribution in [2.45, 2.75) is 13.0 Å². The Balaban J connectivity index is 3.13. The summed E-state index contributed by atoms with van der Waals surface area (Å²) in [6.45, 7) is 1.66. The van der Waals surface area contributed by atoms with E-state index in [9.17, 15) is 4.39 Å². The van der Waals surface area contributed by atoms with Gasteiger partial charge in [0.1, 0.15) is 11.6 Å². The van der Waals surface area contributed by atoms with Crippen molar-refractivity contribution >= 4 is 0 Å². The van der Waals surface area contributed by atoms with Gasteiger partial charge in [0, 0.05) is 11.6 Å². The van der Waals surface area contributed by atoms with Crippen molar-refractivity contribution < 1.29 is 9.50 Å². The van der Waals surface area contributed by atoms with Crippen LogP contribution < -0.4 is 5.73 Å². The molecule has 0 spiro atoms. The first-order chi connectivity index (χ1) is 5.11. The fourth-order valence-electron chi connectivity index (χ4n) is 0.880. The maximum atomic E-state index is 12.8. The number of nitrogens with two attached hydrogens (primary N) is 1. The van der Waals surface area contributed by atoms with E-state index in [4.69, 9.17) is 10.8 Å². The highest BCUT2D eigenvalue weighted by Gasteiger charge is 2.06. The Morgan fingerprint density at radius 3 is 2.64 bits per heavy atom. The van der Waals surface area contributed by atoms with Gasteiger partial charge in [-0.15, -0.1) is 0 Å². The second-order valence-electron chi connectivity index (χ2n) is 2.49. The molecule has 0 saturated heterocycles. The molecule has 0 fully saturated rings. The van der Waals surface area contributed by atoms with Crippen molar-refractivity contribution in [2.75, 3.05) is 0 Å². The van der Waals surface area contributed by atoms with Crippen LogP contribution in [0, 0.1) is 5.82 Å². The third kappa shape index (κ3) is 1.68. The minimum atomic E-state index is -0.387. The van der Waals surface area contributed by atoms with Gasteiger partial charge in [0.2, 0.25) is 0 Å². The van der Waals surface area contributed by atoms with Crippen LogP contribution in [-0.2, 0) is 0 Å². The standard InChI is InChI=1S/C8H10FNO/c1-5(10)7-4-6(11)2-3-8(7)9/h2-5,11H,10H2,1H3/t5-/m0/s1.